The summed E-state index contributed by atoms with van der Waals surface area (Å²) in [5, 5.41) is 8.03. The summed E-state index contributed by atoms with van der Waals surface area (Å²) >= 11 is 0. The van der Waals surface area contributed by atoms with Gasteiger partial charge in [-0.15, -0.1) is 0 Å². The lowest BCUT2D eigenvalue weighted by Crippen LogP contribution is -2.29. The molecule has 1 aromatic rings. The van der Waals surface area contributed by atoms with Crippen LogP contribution in [0.25, 0.3) is 0 Å². The third-order valence-electron chi connectivity index (χ3n) is 3.18. The van der Waals surface area contributed by atoms with Crippen LogP contribution in [-0.4, -0.2) is 44.7 Å². The number of rotatable bonds is 10. The fraction of sp³-hybridized carbons (Fsp3) is 0.471. The molecular weight excluding hydrogens is 326 g/mol. The number of urea groups is 1. The van der Waals surface area contributed by atoms with Crippen LogP contribution in [0.2, 0.25) is 0 Å². The van der Waals surface area contributed by atoms with E-state index in [1.165, 1.54) is 7.11 Å². The van der Waals surface area contributed by atoms with Crippen LogP contribution in [0, 0.1) is 0 Å². The Kier molecular flexibility index (Phi) is 9.50. The fourth-order valence-electron chi connectivity index (χ4n) is 1.91. The quantitative estimate of drug-likeness (QED) is 0.439. The number of esters is 1. The van der Waals surface area contributed by atoms with Crippen molar-refractivity contribution in [2.24, 2.45) is 0 Å². The average molecular weight is 351 g/mol. The minimum atomic E-state index is -0.325. The van der Waals surface area contributed by atoms with Crippen LogP contribution in [0.5, 0.6) is 5.75 Å². The van der Waals surface area contributed by atoms with Crippen molar-refractivity contribution < 1.29 is 23.9 Å². The van der Waals surface area contributed by atoms with Crippen LogP contribution in [0.3, 0.4) is 0 Å². The van der Waals surface area contributed by atoms with Crippen LogP contribution < -0.4 is 20.7 Å². The second-order valence-corrected chi connectivity index (χ2v) is 5.18. The molecule has 0 aromatic heterocycles. The van der Waals surface area contributed by atoms with Crippen molar-refractivity contribution in [3.05, 3.63) is 24.3 Å². The Balaban J connectivity index is 2.24. The van der Waals surface area contributed by atoms with Crippen molar-refractivity contribution in [2.75, 3.05) is 32.1 Å². The van der Waals surface area contributed by atoms with Crippen LogP contribution in [0.4, 0.5) is 10.5 Å². The smallest absolute Gasteiger partial charge is 0.319 e. The number of carbonyl (C=O) groups excluding carboxylic acids is 3. The number of benzene rings is 1. The molecule has 0 bridgehead atoms. The lowest BCUT2D eigenvalue weighted by molar-refractivity contribution is -0.140. The Bertz CT molecular complexity index is 560. The third-order valence-corrected chi connectivity index (χ3v) is 3.18. The summed E-state index contributed by atoms with van der Waals surface area (Å²) in [4.78, 5) is 34.0. The van der Waals surface area contributed by atoms with Gasteiger partial charge in [0.2, 0.25) is 0 Å². The van der Waals surface area contributed by atoms with Gasteiger partial charge in [0.25, 0.3) is 5.91 Å². The van der Waals surface area contributed by atoms with Gasteiger partial charge in [0.05, 0.1) is 7.11 Å². The molecule has 0 fully saturated rings. The fourth-order valence-corrected chi connectivity index (χ4v) is 1.91. The van der Waals surface area contributed by atoms with Crippen molar-refractivity contribution in [3.63, 3.8) is 0 Å². The summed E-state index contributed by atoms with van der Waals surface area (Å²) in [6.45, 7) is 2.81. The molecule has 0 spiro atoms. The Morgan fingerprint density at radius 3 is 2.40 bits per heavy atom. The van der Waals surface area contributed by atoms with Crippen molar-refractivity contribution in [2.45, 2.75) is 26.2 Å². The van der Waals surface area contributed by atoms with Crippen molar-refractivity contribution in [1.29, 1.82) is 0 Å². The molecule has 8 heteroatoms. The van der Waals surface area contributed by atoms with E-state index in [9.17, 15) is 14.4 Å². The largest absolute Gasteiger partial charge is 0.484 e. The number of amides is 3. The molecular formula is C17H25N3O5. The van der Waals surface area contributed by atoms with Gasteiger partial charge in [0.15, 0.2) is 6.61 Å². The maximum atomic E-state index is 11.7. The highest BCUT2D eigenvalue weighted by Gasteiger charge is 2.04. The summed E-state index contributed by atoms with van der Waals surface area (Å²) in [6.07, 6.45) is 1.69. The number of nitrogens with one attached hydrogen (secondary N) is 3. The molecule has 0 unspecified atom stereocenters. The number of likely N-dealkylation sites (N-methyl/N-ethyl adjacent to an activating group) is 1. The van der Waals surface area contributed by atoms with Gasteiger partial charge in [-0.05, 0) is 44.0 Å². The Morgan fingerprint density at radius 2 is 1.76 bits per heavy atom. The minimum absolute atomic E-state index is 0.0489. The zero-order valence-corrected chi connectivity index (χ0v) is 14.6. The van der Waals surface area contributed by atoms with Gasteiger partial charge < -0.3 is 25.4 Å². The summed E-state index contributed by atoms with van der Waals surface area (Å²) in [5.41, 5.74) is 0.609. The molecule has 138 valence electrons. The summed E-state index contributed by atoms with van der Waals surface area (Å²) in [7, 11) is 1.35. The van der Waals surface area contributed by atoms with E-state index < -0.39 is 0 Å². The molecule has 25 heavy (non-hydrogen) atoms. The van der Waals surface area contributed by atoms with Crippen molar-refractivity contribution in [1.82, 2.24) is 10.6 Å². The average Bonchev–Trinajstić information content (AvgIpc) is 2.61. The molecule has 1 aromatic carbocycles. The highest BCUT2D eigenvalue weighted by atomic mass is 16.5. The Labute approximate surface area is 147 Å². The van der Waals surface area contributed by atoms with Gasteiger partial charge >= 0.3 is 12.0 Å². The van der Waals surface area contributed by atoms with Crippen molar-refractivity contribution >= 4 is 23.6 Å². The van der Waals surface area contributed by atoms with Crippen LogP contribution in [0.1, 0.15) is 26.2 Å². The second kappa shape index (κ2) is 11.7. The molecule has 0 saturated carbocycles. The zero-order valence-electron chi connectivity index (χ0n) is 14.6. The topological polar surface area (TPSA) is 106 Å². The molecule has 3 amide bonds. The molecule has 0 aliphatic heterocycles. The lowest BCUT2D eigenvalue weighted by Gasteiger charge is -2.09. The highest BCUT2D eigenvalue weighted by Crippen LogP contribution is 2.15. The highest BCUT2D eigenvalue weighted by molar-refractivity contribution is 5.89. The number of hydrogen-bond donors (Lipinski definition) is 3. The molecule has 0 heterocycles. The Morgan fingerprint density at radius 1 is 1.04 bits per heavy atom. The first-order chi connectivity index (χ1) is 12.0. The van der Waals surface area contributed by atoms with Crippen LogP contribution in [0.15, 0.2) is 24.3 Å². The molecule has 3 N–H and O–H groups in total. The summed E-state index contributed by atoms with van der Waals surface area (Å²) < 4.78 is 9.86. The molecule has 0 aliphatic carbocycles. The van der Waals surface area contributed by atoms with E-state index in [0.29, 0.717) is 43.8 Å². The number of hydrogen-bond acceptors (Lipinski definition) is 5. The van der Waals surface area contributed by atoms with E-state index in [2.05, 4.69) is 20.7 Å². The molecule has 0 saturated heterocycles. The lowest BCUT2D eigenvalue weighted by atomic mass is 10.2. The zero-order chi connectivity index (χ0) is 18.5. The van der Waals surface area contributed by atoms with Gasteiger partial charge in [-0.2, -0.15) is 0 Å². The first kappa shape index (κ1) is 20.3. The molecule has 8 nitrogen and oxygen atoms in total. The SMILES string of the molecule is CCNC(=O)COc1ccc(NC(=O)NCCCCC(=O)OC)cc1. The third kappa shape index (κ3) is 9.19. The molecule has 0 aliphatic rings. The van der Waals surface area contributed by atoms with Gasteiger partial charge in [-0.25, -0.2) is 4.79 Å². The maximum Gasteiger partial charge on any atom is 0.319 e. The number of anilines is 1. The Hall–Kier alpha value is -2.77. The summed E-state index contributed by atoms with van der Waals surface area (Å²) in [6, 6.07) is 6.39. The first-order valence-electron chi connectivity index (χ1n) is 8.16. The van der Waals surface area contributed by atoms with E-state index in [0.717, 1.165) is 0 Å². The number of unbranched alkanes of at least 4 members (excludes halogenated alkanes) is 1. The van der Waals surface area contributed by atoms with E-state index in [1.54, 1.807) is 24.3 Å². The van der Waals surface area contributed by atoms with Gasteiger partial charge in [0.1, 0.15) is 5.75 Å². The van der Waals surface area contributed by atoms with E-state index in [4.69, 9.17) is 4.74 Å². The first-order valence-corrected chi connectivity index (χ1v) is 8.16. The predicted molar refractivity (Wildman–Crippen MR) is 93.5 cm³/mol. The normalized spacial score (nSPS) is 9.84. The monoisotopic (exact) mass is 351 g/mol. The van der Waals surface area contributed by atoms with Crippen LogP contribution in [-0.2, 0) is 14.3 Å². The minimum Gasteiger partial charge on any atom is -0.484 e. The van der Waals surface area contributed by atoms with Crippen molar-refractivity contribution in [3.8, 4) is 5.75 Å². The van der Waals surface area contributed by atoms with Gasteiger partial charge in [0, 0.05) is 25.2 Å². The molecule has 0 radical (unpaired) electrons. The number of carbonyl (C=O) groups is 3. The van der Waals surface area contributed by atoms with Gasteiger partial charge in [-0.1, -0.05) is 0 Å². The van der Waals surface area contributed by atoms with Crippen LogP contribution >= 0.6 is 0 Å². The second-order valence-electron chi connectivity index (χ2n) is 5.18. The summed E-state index contributed by atoms with van der Waals surface area (Å²) in [5.74, 6) is 0.107. The molecule has 1 rings (SSSR count). The predicted octanol–water partition coefficient (Wildman–Crippen LogP) is 1.67. The van der Waals surface area contributed by atoms with E-state index in [-0.39, 0.29) is 24.5 Å². The van der Waals surface area contributed by atoms with E-state index >= 15 is 0 Å². The van der Waals surface area contributed by atoms with E-state index in [1.807, 2.05) is 6.92 Å². The standard InChI is InChI=1S/C17H25N3O5/c1-3-18-15(21)12-25-14-9-7-13(8-10-14)20-17(23)19-11-5-4-6-16(22)24-2/h7-10H,3-6,11-12H2,1-2H3,(H,18,21)(H2,19,20,23). The van der Waals surface area contributed by atoms with Gasteiger partial charge in [-0.3, -0.25) is 9.59 Å². The number of methoxy groups -OCH3 is 1. The molecule has 0 atom stereocenters. The number of ether oxygens (including phenoxy) is 2. The maximum absolute atomic E-state index is 11.7.